The van der Waals surface area contributed by atoms with Crippen LogP contribution in [0.2, 0.25) is 0 Å². The molecule has 1 saturated carbocycles. The van der Waals surface area contributed by atoms with Crippen molar-refractivity contribution >= 4 is 17.3 Å². The molecule has 3 atom stereocenters. The number of carbonyl (C=O) groups is 1. The number of carboxylic acids is 1. The summed E-state index contributed by atoms with van der Waals surface area (Å²) in [6.07, 6.45) is 5.09. The molecule has 2 fully saturated rings. The Bertz CT molecular complexity index is 729. The molecule has 26 heavy (non-hydrogen) atoms. The number of rotatable bonds is 8. The first-order valence-corrected chi connectivity index (χ1v) is 9.93. The zero-order chi connectivity index (χ0) is 17.9. The standard InChI is InChI=1S/C19H22N2O4S/c22-19(23)18-21(25-18)17(9-13-3-1-2-4-13)14-5-7-16(8-6-14)24-10-15-11-26-12-20-15/h5-8,11-13,17-18H,1-4,9-10H2,(H,22,23). The highest BCUT2D eigenvalue weighted by Gasteiger charge is 2.49. The molecule has 3 unspecified atom stereocenters. The summed E-state index contributed by atoms with van der Waals surface area (Å²) in [4.78, 5) is 20.7. The Balaban J connectivity index is 1.43. The maximum absolute atomic E-state index is 11.2. The number of benzene rings is 1. The molecule has 1 aliphatic carbocycles. The SMILES string of the molecule is O=C(O)C1ON1C(CC1CCCC1)c1ccc(OCc2cscn2)cc1. The predicted molar refractivity (Wildman–Crippen MR) is 96.6 cm³/mol. The van der Waals surface area contributed by atoms with E-state index in [-0.39, 0.29) is 6.04 Å². The van der Waals surface area contributed by atoms with Crippen molar-refractivity contribution in [3.63, 3.8) is 0 Å². The fraction of sp³-hybridized carbons (Fsp3) is 0.474. The molecule has 1 aromatic carbocycles. The largest absolute Gasteiger partial charge is 0.487 e. The highest BCUT2D eigenvalue weighted by atomic mass is 32.1. The van der Waals surface area contributed by atoms with Crippen LogP contribution in [0.1, 0.15) is 49.4 Å². The minimum Gasteiger partial charge on any atom is -0.487 e. The van der Waals surface area contributed by atoms with E-state index >= 15 is 0 Å². The van der Waals surface area contributed by atoms with Crippen LogP contribution in [0.3, 0.4) is 0 Å². The number of ether oxygens (including phenoxy) is 1. The van der Waals surface area contributed by atoms with Crippen molar-refractivity contribution in [2.75, 3.05) is 0 Å². The molecular weight excluding hydrogens is 352 g/mol. The van der Waals surface area contributed by atoms with Crippen LogP contribution in [0.25, 0.3) is 0 Å². The summed E-state index contributed by atoms with van der Waals surface area (Å²) in [6.45, 7) is 0.449. The lowest BCUT2D eigenvalue weighted by atomic mass is 9.93. The summed E-state index contributed by atoms with van der Waals surface area (Å²) >= 11 is 1.55. The van der Waals surface area contributed by atoms with Crippen LogP contribution >= 0.6 is 11.3 Å². The van der Waals surface area contributed by atoms with Crippen LogP contribution in [-0.2, 0) is 16.2 Å². The summed E-state index contributed by atoms with van der Waals surface area (Å²) in [6, 6.07) is 7.87. The third-order valence-corrected chi connectivity index (χ3v) is 5.73. The topological polar surface area (TPSA) is 75.0 Å². The van der Waals surface area contributed by atoms with Gasteiger partial charge in [0.15, 0.2) is 0 Å². The first-order chi connectivity index (χ1) is 12.7. The molecule has 2 aliphatic rings. The summed E-state index contributed by atoms with van der Waals surface area (Å²) < 4.78 is 5.76. The van der Waals surface area contributed by atoms with E-state index in [4.69, 9.17) is 9.57 Å². The maximum atomic E-state index is 11.2. The van der Waals surface area contributed by atoms with Crippen LogP contribution in [0, 0.1) is 5.92 Å². The van der Waals surface area contributed by atoms with Crippen molar-refractivity contribution in [3.05, 3.63) is 46.4 Å². The zero-order valence-corrected chi connectivity index (χ0v) is 15.2. The second kappa shape index (κ2) is 7.73. The molecule has 138 valence electrons. The molecule has 1 saturated heterocycles. The lowest BCUT2D eigenvalue weighted by Gasteiger charge is -2.20. The molecule has 0 spiro atoms. The van der Waals surface area contributed by atoms with Gasteiger partial charge >= 0.3 is 5.97 Å². The van der Waals surface area contributed by atoms with Crippen LogP contribution in [0.15, 0.2) is 35.2 Å². The molecule has 2 aromatic rings. The normalized spacial score (nSPS) is 23.7. The average Bonchev–Trinajstić information content (AvgIpc) is 3.04. The van der Waals surface area contributed by atoms with Crippen molar-refractivity contribution in [3.8, 4) is 5.75 Å². The van der Waals surface area contributed by atoms with Gasteiger partial charge in [0, 0.05) is 5.38 Å². The Morgan fingerprint density at radius 3 is 2.73 bits per heavy atom. The molecule has 6 nitrogen and oxygen atoms in total. The number of aliphatic carboxylic acids is 1. The smallest absolute Gasteiger partial charge is 0.352 e. The lowest BCUT2D eigenvalue weighted by molar-refractivity contribution is -0.138. The Labute approximate surface area is 156 Å². The predicted octanol–water partition coefficient (Wildman–Crippen LogP) is 4.00. The number of carboxylic acid groups (broad SMARTS) is 1. The van der Waals surface area contributed by atoms with Crippen molar-refractivity contribution < 1.29 is 19.5 Å². The van der Waals surface area contributed by atoms with Gasteiger partial charge in [0.05, 0.1) is 17.2 Å². The third-order valence-electron chi connectivity index (χ3n) is 5.09. The second-order valence-corrected chi connectivity index (χ2v) is 7.61. The van der Waals surface area contributed by atoms with Crippen molar-refractivity contribution in [2.45, 2.75) is 51.0 Å². The van der Waals surface area contributed by atoms with E-state index in [0.717, 1.165) is 23.4 Å². The van der Waals surface area contributed by atoms with Gasteiger partial charge < -0.3 is 9.84 Å². The van der Waals surface area contributed by atoms with E-state index < -0.39 is 12.2 Å². The highest BCUT2D eigenvalue weighted by molar-refractivity contribution is 7.07. The minimum absolute atomic E-state index is 0.0215. The van der Waals surface area contributed by atoms with Crippen LogP contribution in [-0.4, -0.2) is 27.4 Å². The van der Waals surface area contributed by atoms with E-state index in [9.17, 15) is 9.90 Å². The number of hydrogen-bond donors (Lipinski definition) is 1. The molecule has 2 heterocycles. The van der Waals surface area contributed by atoms with Crippen LogP contribution in [0.5, 0.6) is 5.75 Å². The average molecular weight is 374 g/mol. The molecule has 1 N–H and O–H groups in total. The number of hydrogen-bond acceptors (Lipinski definition) is 6. The minimum atomic E-state index is -0.926. The fourth-order valence-corrected chi connectivity index (χ4v) is 4.22. The van der Waals surface area contributed by atoms with Crippen LogP contribution < -0.4 is 4.74 Å². The van der Waals surface area contributed by atoms with Gasteiger partial charge in [0.2, 0.25) is 0 Å². The molecular formula is C19H22N2O4S. The van der Waals surface area contributed by atoms with E-state index in [1.54, 1.807) is 21.9 Å². The highest BCUT2D eigenvalue weighted by Crippen LogP contribution is 2.42. The summed E-state index contributed by atoms with van der Waals surface area (Å²) in [5.74, 6) is 0.492. The number of aromatic nitrogens is 1. The Morgan fingerprint density at radius 2 is 2.12 bits per heavy atom. The quantitative estimate of drug-likeness (QED) is 0.704. The number of thiazole rings is 1. The third kappa shape index (κ3) is 4.06. The summed E-state index contributed by atoms with van der Waals surface area (Å²) in [7, 11) is 0. The van der Waals surface area contributed by atoms with Gasteiger partial charge in [-0.25, -0.2) is 9.78 Å². The van der Waals surface area contributed by atoms with Gasteiger partial charge in [0.1, 0.15) is 12.4 Å². The molecule has 1 aliphatic heterocycles. The van der Waals surface area contributed by atoms with Crippen molar-refractivity contribution in [2.24, 2.45) is 5.92 Å². The molecule has 4 rings (SSSR count). The van der Waals surface area contributed by atoms with E-state index in [1.165, 1.54) is 25.7 Å². The van der Waals surface area contributed by atoms with E-state index in [1.807, 2.05) is 29.6 Å². The maximum Gasteiger partial charge on any atom is 0.352 e. The van der Waals surface area contributed by atoms with Crippen molar-refractivity contribution in [1.29, 1.82) is 0 Å². The first kappa shape index (κ1) is 17.5. The molecule has 0 amide bonds. The monoisotopic (exact) mass is 374 g/mol. The number of nitrogens with zero attached hydrogens (tertiary/aromatic N) is 2. The lowest BCUT2D eigenvalue weighted by Crippen LogP contribution is -2.19. The molecule has 7 heteroatoms. The molecule has 1 aromatic heterocycles. The Kier molecular flexibility index (Phi) is 5.19. The van der Waals surface area contributed by atoms with Gasteiger partial charge in [-0.15, -0.1) is 16.4 Å². The van der Waals surface area contributed by atoms with E-state index in [2.05, 4.69) is 4.98 Å². The van der Waals surface area contributed by atoms with Gasteiger partial charge in [-0.1, -0.05) is 37.8 Å². The van der Waals surface area contributed by atoms with Crippen LogP contribution in [0.4, 0.5) is 0 Å². The van der Waals surface area contributed by atoms with Gasteiger partial charge in [0.25, 0.3) is 6.23 Å². The molecule has 0 bridgehead atoms. The van der Waals surface area contributed by atoms with E-state index in [0.29, 0.717) is 12.5 Å². The number of hydroxylamine groups is 2. The fourth-order valence-electron chi connectivity index (χ4n) is 3.68. The summed E-state index contributed by atoms with van der Waals surface area (Å²) in [5.41, 5.74) is 3.78. The first-order valence-electron chi connectivity index (χ1n) is 8.98. The van der Waals surface area contributed by atoms with Gasteiger partial charge in [-0.2, -0.15) is 0 Å². The Morgan fingerprint density at radius 1 is 1.35 bits per heavy atom. The molecule has 0 radical (unpaired) electrons. The van der Waals surface area contributed by atoms with Crippen molar-refractivity contribution in [1.82, 2.24) is 10.0 Å². The Hall–Kier alpha value is -1.96. The zero-order valence-electron chi connectivity index (χ0n) is 14.4. The second-order valence-electron chi connectivity index (χ2n) is 6.90. The van der Waals surface area contributed by atoms with Gasteiger partial charge in [-0.3, -0.25) is 4.84 Å². The summed E-state index contributed by atoms with van der Waals surface area (Å²) in [5, 5.41) is 12.8. The van der Waals surface area contributed by atoms with Gasteiger partial charge in [-0.05, 0) is 30.0 Å².